The summed E-state index contributed by atoms with van der Waals surface area (Å²) in [4.78, 5) is 6.92. The second-order valence-electron chi connectivity index (χ2n) is 3.91. The first-order chi connectivity index (χ1) is 8.49. The van der Waals surface area contributed by atoms with E-state index in [1.165, 1.54) is 13.1 Å². The number of aromatic nitrogens is 2. The van der Waals surface area contributed by atoms with Gasteiger partial charge in [0, 0.05) is 24.9 Å². The van der Waals surface area contributed by atoms with Crippen LogP contribution >= 0.6 is 11.8 Å². The van der Waals surface area contributed by atoms with Crippen LogP contribution in [0.25, 0.3) is 0 Å². The largest absolute Gasteiger partial charge is 0.451 e. The van der Waals surface area contributed by atoms with Crippen LogP contribution in [0.3, 0.4) is 0 Å². The van der Waals surface area contributed by atoms with Crippen LogP contribution in [0.1, 0.15) is 12.2 Å². The maximum absolute atomic E-state index is 12.6. The molecule has 0 amide bonds. The molecule has 2 rings (SSSR count). The number of anilines is 2. The summed E-state index contributed by atoms with van der Waals surface area (Å²) in [5, 5.41) is 5.62. The molecule has 0 spiro atoms. The number of hydrogen-bond donors (Lipinski definition) is 2. The molecule has 0 saturated carbocycles. The summed E-state index contributed by atoms with van der Waals surface area (Å²) < 4.78 is 37.8. The molecular weight excluding hydrogens is 265 g/mol. The number of nitrogens with zero attached hydrogens (tertiary/aromatic N) is 2. The van der Waals surface area contributed by atoms with Gasteiger partial charge in [-0.2, -0.15) is 24.9 Å². The lowest BCUT2D eigenvalue weighted by Crippen LogP contribution is -2.21. The molecule has 1 aliphatic heterocycles. The van der Waals surface area contributed by atoms with Crippen molar-refractivity contribution < 1.29 is 13.2 Å². The van der Waals surface area contributed by atoms with Gasteiger partial charge in [0.25, 0.3) is 0 Å². The molecule has 1 aliphatic rings. The highest BCUT2D eigenvalue weighted by Gasteiger charge is 2.35. The van der Waals surface area contributed by atoms with E-state index < -0.39 is 12.0 Å². The van der Waals surface area contributed by atoms with Gasteiger partial charge in [-0.05, 0) is 12.2 Å². The number of hydrogen-bond acceptors (Lipinski definition) is 5. The highest BCUT2D eigenvalue weighted by atomic mass is 32.2. The first kappa shape index (κ1) is 13.3. The zero-order valence-electron chi connectivity index (χ0n) is 9.71. The van der Waals surface area contributed by atoms with E-state index in [9.17, 15) is 13.2 Å². The SMILES string of the molecule is CNc1cc(NC2CCSC2)nc(C(F)(F)F)n1. The van der Waals surface area contributed by atoms with Crippen molar-refractivity contribution in [2.45, 2.75) is 18.6 Å². The van der Waals surface area contributed by atoms with Crippen LogP contribution in [-0.2, 0) is 6.18 Å². The van der Waals surface area contributed by atoms with Gasteiger partial charge in [-0.1, -0.05) is 0 Å². The Hall–Kier alpha value is -1.18. The Morgan fingerprint density at radius 1 is 1.33 bits per heavy atom. The van der Waals surface area contributed by atoms with Gasteiger partial charge in [-0.25, -0.2) is 9.97 Å². The van der Waals surface area contributed by atoms with E-state index in [0.717, 1.165) is 17.9 Å². The average molecular weight is 278 g/mol. The monoisotopic (exact) mass is 278 g/mol. The molecule has 1 unspecified atom stereocenters. The highest BCUT2D eigenvalue weighted by molar-refractivity contribution is 7.99. The predicted molar refractivity (Wildman–Crippen MR) is 65.9 cm³/mol. The normalized spacial score (nSPS) is 19.9. The molecule has 100 valence electrons. The van der Waals surface area contributed by atoms with Crippen molar-refractivity contribution in [3.63, 3.8) is 0 Å². The van der Waals surface area contributed by atoms with Crippen LogP contribution in [0.15, 0.2) is 6.07 Å². The molecule has 8 heteroatoms. The quantitative estimate of drug-likeness (QED) is 0.889. The molecule has 1 saturated heterocycles. The fourth-order valence-corrected chi connectivity index (χ4v) is 2.79. The minimum Gasteiger partial charge on any atom is -0.373 e. The predicted octanol–water partition coefficient (Wildman–Crippen LogP) is 2.45. The Morgan fingerprint density at radius 3 is 2.61 bits per heavy atom. The first-order valence-corrected chi connectivity index (χ1v) is 6.63. The van der Waals surface area contributed by atoms with Gasteiger partial charge in [0.15, 0.2) is 0 Å². The van der Waals surface area contributed by atoms with Gasteiger partial charge in [0.05, 0.1) is 0 Å². The van der Waals surface area contributed by atoms with Crippen LogP contribution < -0.4 is 10.6 Å². The fourth-order valence-electron chi connectivity index (χ4n) is 1.63. The summed E-state index contributed by atoms with van der Waals surface area (Å²) in [7, 11) is 1.53. The standard InChI is InChI=1S/C10H13F3N4S/c1-14-7-4-8(15-6-2-3-18-5-6)17-9(16-7)10(11,12)13/h4,6H,2-3,5H2,1H3,(H2,14,15,16,17). The lowest BCUT2D eigenvalue weighted by molar-refractivity contribution is -0.144. The summed E-state index contributed by atoms with van der Waals surface area (Å²) >= 11 is 1.78. The molecule has 1 aromatic rings. The van der Waals surface area contributed by atoms with E-state index >= 15 is 0 Å². The minimum absolute atomic E-state index is 0.158. The van der Waals surface area contributed by atoms with Gasteiger partial charge in [-0.15, -0.1) is 0 Å². The summed E-state index contributed by atoms with van der Waals surface area (Å²) in [5.41, 5.74) is 0. The third kappa shape index (κ3) is 3.18. The first-order valence-electron chi connectivity index (χ1n) is 5.47. The minimum atomic E-state index is -4.53. The summed E-state index contributed by atoms with van der Waals surface area (Å²) in [6.45, 7) is 0. The second-order valence-corrected chi connectivity index (χ2v) is 5.06. The van der Waals surface area contributed by atoms with Gasteiger partial charge in [0.1, 0.15) is 11.6 Å². The molecular formula is C10H13F3N4S. The maximum Gasteiger partial charge on any atom is 0.451 e. The Labute approximate surface area is 107 Å². The number of nitrogens with one attached hydrogen (secondary N) is 2. The Kier molecular flexibility index (Phi) is 3.84. The van der Waals surface area contributed by atoms with Gasteiger partial charge < -0.3 is 10.6 Å². The summed E-state index contributed by atoms with van der Waals surface area (Å²) in [5.74, 6) is 1.16. The van der Waals surface area contributed by atoms with Crippen LogP contribution in [0.5, 0.6) is 0 Å². The van der Waals surface area contributed by atoms with Gasteiger partial charge >= 0.3 is 6.18 Å². The van der Waals surface area contributed by atoms with E-state index in [1.54, 1.807) is 11.8 Å². The van der Waals surface area contributed by atoms with Gasteiger partial charge in [0.2, 0.25) is 5.82 Å². The third-order valence-electron chi connectivity index (χ3n) is 2.52. The zero-order valence-corrected chi connectivity index (χ0v) is 10.5. The van der Waals surface area contributed by atoms with Gasteiger partial charge in [-0.3, -0.25) is 0 Å². The number of thioether (sulfide) groups is 1. The van der Waals surface area contributed by atoms with E-state index in [1.807, 2.05) is 0 Å². The molecule has 1 atom stereocenters. The van der Waals surface area contributed by atoms with Crippen molar-refractivity contribution in [3.8, 4) is 0 Å². The topological polar surface area (TPSA) is 49.8 Å². The van der Waals surface area contributed by atoms with E-state index in [2.05, 4.69) is 20.6 Å². The number of halogens is 3. The number of alkyl halides is 3. The molecule has 0 radical (unpaired) electrons. The lowest BCUT2D eigenvalue weighted by atomic mass is 10.2. The molecule has 4 nitrogen and oxygen atoms in total. The van der Waals surface area contributed by atoms with E-state index in [-0.39, 0.29) is 17.7 Å². The molecule has 1 aromatic heterocycles. The van der Waals surface area contributed by atoms with Crippen LogP contribution in [0.4, 0.5) is 24.8 Å². The van der Waals surface area contributed by atoms with Crippen molar-refractivity contribution >= 4 is 23.4 Å². The molecule has 0 bridgehead atoms. The van der Waals surface area contributed by atoms with Crippen molar-refractivity contribution in [1.29, 1.82) is 0 Å². The van der Waals surface area contributed by atoms with Crippen LogP contribution in [0, 0.1) is 0 Å². The third-order valence-corrected chi connectivity index (χ3v) is 3.68. The average Bonchev–Trinajstić information content (AvgIpc) is 2.80. The highest BCUT2D eigenvalue weighted by Crippen LogP contribution is 2.29. The molecule has 0 aromatic carbocycles. The van der Waals surface area contributed by atoms with E-state index in [0.29, 0.717) is 0 Å². The van der Waals surface area contributed by atoms with Crippen molar-refractivity contribution in [1.82, 2.24) is 9.97 Å². The lowest BCUT2D eigenvalue weighted by Gasteiger charge is -2.14. The van der Waals surface area contributed by atoms with Crippen molar-refractivity contribution in [2.75, 3.05) is 29.2 Å². The molecule has 1 fully saturated rings. The molecule has 2 N–H and O–H groups in total. The van der Waals surface area contributed by atoms with Crippen molar-refractivity contribution in [2.24, 2.45) is 0 Å². The summed E-state index contributed by atoms with van der Waals surface area (Å²) in [6, 6.07) is 1.66. The maximum atomic E-state index is 12.6. The molecule has 18 heavy (non-hydrogen) atoms. The Bertz CT molecular complexity index is 418. The van der Waals surface area contributed by atoms with Crippen LogP contribution in [0.2, 0.25) is 0 Å². The fraction of sp³-hybridized carbons (Fsp3) is 0.600. The smallest absolute Gasteiger partial charge is 0.373 e. The van der Waals surface area contributed by atoms with Crippen molar-refractivity contribution in [3.05, 3.63) is 11.9 Å². The summed E-state index contributed by atoms with van der Waals surface area (Å²) in [6.07, 6.45) is -3.60. The van der Waals surface area contributed by atoms with Crippen LogP contribution in [-0.4, -0.2) is 34.6 Å². The molecule has 2 heterocycles. The van der Waals surface area contributed by atoms with E-state index in [4.69, 9.17) is 0 Å². The zero-order chi connectivity index (χ0) is 13.2. The second kappa shape index (κ2) is 5.21. The Morgan fingerprint density at radius 2 is 2.06 bits per heavy atom. The Balaban J connectivity index is 2.23. The number of rotatable bonds is 3. The molecule has 0 aliphatic carbocycles.